The molecule has 0 fully saturated rings. The Morgan fingerprint density at radius 2 is 0.857 bits per heavy atom. The predicted molar refractivity (Wildman–Crippen MR) is 182 cm³/mol. The molecule has 194 valence electrons. The van der Waals surface area contributed by atoms with Crippen molar-refractivity contribution in [3.8, 4) is 22.3 Å². The van der Waals surface area contributed by atoms with Crippen molar-refractivity contribution >= 4 is 64.6 Å². The van der Waals surface area contributed by atoms with Crippen LogP contribution in [0.5, 0.6) is 0 Å². The molecule has 0 unspecified atom stereocenters. The second kappa shape index (κ2) is 9.03. The van der Waals surface area contributed by atoms with E-state index in [0.29, 0.717) is 22.3 Å². The van der Waals surface area contributed by atoms with Crippen LogP contribution in [0, 0.1) is 0 Å². The second-order valence-corrected chi connectivity index (χ2v) is 11.0. The van der Waals surface area contributed by atoms with Gasteiger partial charge in [0.25, 0.3) is 0 Å². The van der Waals surface area contributed by atoms with Gasteiger partial charge in [-0.15, -0.1) is 0 Å². The van der Waals surface area contributed by atoms with Gasteiger partial charge in [0.2, 0.25) is 0 Å². The number of benzene rings is 9. The highest BCUT2D eigenvalue weighted by atomic mass is 14.2. The number of rotatable bonds is 2. The van der Waals surface area contributed by atoms with Gasteiger partial charge in [0.15, 0.2) is 0 Å². The van der Waals surface area contributed by atoms with E-state index in [1.807, 2.05) is 60.7 Å². The van der Waals surface area contributed by atoms with Crippen LogP contribution in [0.1, 0.15) is 5.48 Å². The van der Waals surface area contributed by atoms with E-state index in [2.05, 4.69) is 72.8 Å². The minimum absolute atomic E-state index is 0.0373. The zero-order valence-electron chi connectivity index (χ0n) is 26.7. The van der Waals surface area contributed by atoms with Crippen LogP contribution in [0.25, 0.3) is 86.9 Å². The fourth-order valence-corrected chi connectivity index (χ4v) is 6.66. The third-order valence-corrected chi connectivity index (χ3v) is 8.65. The van der Waals surface area contributed by atoms with Crippen LogP contribution in [-0.4, -0.2) is 0 Å². The first-order valence-corrected chi connectivity index (χ1v) is 14.3. The molecule has 0 bridgehead atoms. The first-order chi connectivity index (χ1) is 22.5. The first kappa shape index (κ1) is 19.6. The average molecular weight is 535 g/mol. The van der Waals surface area contributed by atoms with E-state index in [-0.39, 0.29) is 24.2 Å². The van der Waals surface area contributed by atoms with Crippen molar-refractivity contribution < 1.29 is 5.48 Å². The maximum absolute atomic E-state index is 9.29. The molecule has 0 radical (unpaired) electrons. The van der Waals surface area contributed by atoms with Crippen molar-refractivity contribution in [2.45, 2.75) is 0 Å². The molecule has 0 amide bonds. The summed E-state index contributed by atoms with van der Waals surface area (Å²) in [6, 6.07) is 45.3. The monoisotopic (exact) mass is 534 g/mol. The Kier molecular flexibility index (Phi) is 4.21. The molecule has 9 rings (SSSR count). The van der Waals surface area contributed by atoms with Gasteiger partial charge in [-0.3, -0.25) is 0 Å². The van der Waals surface area contributed by atoms with Gasteiger partial charge >= 0.3 is 0 Å². The molecule has 0 aliphatic rings. The van der Waals surface area contributed by atoms with Crippen LogP contribution in [0.4, 0.5) is 0 Å². The smallest absolute Gasteiger partial charge is 0.0616 e. The Morgan fingerprint density at radius 3 is 1.57 bits per heavy atom. The molecule has 42 heavy (non-hydrogen) atoms. The standard InChI is InChI=1S/C42H26/c1-2-9-31-25-40-33(24-30(31)8-1)21-20-29-10-7-15-34(42(29)40)28-18-16-27(17-19-28)32-22-23-39-37-13-4-3-11-35(37)36-12-5-6-14-38(36)41(39)26-32/h1-26H/i16D,17D,18D,19D. The normalized spacial score (nSPS) is 13.1. The molecule has 0 saturated carbocycles. The lowest BCUT2D eigenvalue weighted by Gasteiger charge is -2.13. The summed E-state index contributed by atoms with van der Waals surface area (Å²) in [5.41, 5.74) is 2.01. The summed E-state index contributed by atoms with van der Waals surface area (Å²) in [6.45, 7) is 0. The van der Waals surface area contributed by atoms with E-state index in [4.69, 9.17) is 0 Å². The van der Waals surface area contributed by atoms with Crippen molar-refractivity contribution in [3.05, 3.63) is 158 Å². The topological polar surface area (TPSA) is 0 Å². The van der Waals surface area contributed by atoms with Crippen LogP contribution in [0.15, 0.2) is 158 Å². The maximum Gasteiger partial charge on any atom is 0.0629 e. The van der Waals surface area contributed by atoms with Crippen LogP contribution in [0.3, 0.4) is 0 Å². The summed E-state index contributed by atoms with van der Waals surface area (Å²) in [5.74, 6) is 0. The van der Waals surface area contributed by atoms with Crippen LogP contribution in [0.2, 0.25) is 0 Å². The number of hydrogen-bond donors (Lipinski definition) is 0. The average Bonchev–Trinajstić information content (AvgIpc) is 3.10. The summed E-state index contributed by atoms with van der Waals surface area (Å²) < 4.78 is 37.1. The van der Waals surface area contributed by atoms with E-state index in [1.54, 1.807) is 0 Å². The molecule has 0 heterocycles. The van der Waals surface area contributed by atoms with Gasteiger partial charge in [-0.2, -0.15) is 0 Å². The molecule has 0 aromatic heterocycles. The van der Waals surface area contributed by atoms with E-state index in [1.165, 1.54) is 5.39 Å². The highest BCUT2D eigenvalue weighted by Gasteiger charge is 2.12. The van der Waals surface area contributed by atoms with E-state index < -0.39 is 0 Å². The zero-order chi connectivity index (χ0) is 31.1. The highest BCUT2D eigenvalue weighted by Crippen LogP contribution is 2.39. The summed E-state index contributed by atoms with van der Waals surface area (Å²) in [6.07, 6.45) is 0. The Balaban J connectivity index is 1.31. The Bertz CT molecular complexity index is 2680. The van der Waals surface area contributed by atoms with E-state index >= 15 is 0 Å². The minimum Gasteiger partial charge on any atom is -0.0616 e. The van der Waals surface area contributed by atoms with Crippen molar-refractivity contribution in [2.24, 2.45) is 0 Å². The lowest BCUT2D eigenvalue weighted by Crippen LogP contribution is -1.86. The van der Waals surface area contributed by atoms with Crippen molar-refractivity contribution in [2.75, 3.05) is 0 Å². The molecule has 0 nitrogen and oxygen atoms in total. The molecule has 0 aliphatic carbocycles. The maximum atomic E-state index is 9.29. The van der Waals surface area contributed by atoms with Crippen molar-refractivity contribution in [3.63, 3.8) is 0 Å². The van der Waals surface area contributed by atoms with Gasteiger partial charge in [0, 0.05) is 0 Å². The van der Waals surface area contributed by atoms with Gasteiger partial charge in [0.05, 0.1) is 5.48 Å². The quantitative estimate of drug-likeness (QED) is 0.153. The van der Waals surface area contributed by atoms with Gasteiger partial charge in [0.1, 0.15) is 0 Å². The molecule has 9 aromatic carbocycles. The third-order valence-electron chi connectivity index (χ3n) is 8.65. The van der Waals surface area contributed by atoms with E-state index in [9.17, 15) is 5.48 Å². The second-order valence-electron chi connectivity index (χ2n) is 11.0. The Morgan fingerprint density at radius 1 is 0.310 bits per heavy atom. The summed E-state index contributed by atoms with van der Waals surface area (Å²) in [7, 11) is 0. The molecule has 9 aromatic rings. The van der Waals surface area contributed by atoms with Gasteiger partial charge in [-0.25, -0.2) is 0 Å². The first-order valence-electron chi connectivity index (χ1n) is 16.3. The fraction of sp³-hybridized carbons (Fsp3) is 0. The van der Waals surface area contributed by atoms with E-state index in [0.717, 1.165) is 59.2 Å². The highest BCUT2D eigenvalue weighted by molar-refractivity contribution is 6.25. The lowest BCUT2D eigenvalue weighted by molar-refractivity contribution is 1.63. The van der Waals surface area contributed by atoms with Gasteiger partial charge in [-0.05, 0) is 105 Å². The Hall–Kier alpha value is -5.46. The van der Waals surface area contributed by atoms with Gasteiger partial charge < -0.3 is 0 Å². The summed E-state index contributed by atoms with van der Waals surface area (Å²) in [5, 5.41) is 13.0. The Labute approximate surface area is 249 Å². The molecular weight excluding hydrogens is 504 g/mol. The molecule has 0 atom stereocenters. The van der Waals surface area contributed by atoms with Gasteiger partial charge in [-0.1, -0.05) is 139 Å². The van der Waals surface area contributed by atoms with Crippen LogP contribution in [-0.2, 0) is 0 Å². The molecule has 0 spiro atoms. The molecule has 0 aliphatic heterocycles. The van der Waals surface area contributed by atoms with Crippen molar-refractivity contribution in [1.82, 2.24) is 0 Å². The van der Waals surface area contributed by atoms with Crippen molar-refractivity contribution in [1.29, 1.82) is 0 Å². The molecule has 0 heteroatoms. The summed E-state index contributed by atoms with van der Waals surface area (Å²) >= 11 is 0. The molecule has 0 N–H and O–H groups in total. The summed E-state index contributed by atoms with van der Waals surface area (Å²) in [4.78, 5) is 0. The minimum atomic E-state index is -0.0388. The van der Waals surface area contributed by atoms with Crippen LogP contribution < -0.4 is 0 Å². The SMILES string of the molecule is [2H]c1c([2H])c(-c2cccc3ccc4cc5ccccc5cc4c23)c([2H])c([2H])c1-c1ccc2c3ccccc3c3ccccc3c2c1. The lowest BCUT2D eigenvalue weighted by atomic mass is 9.90. The third kappa shape index (κ3) is 3.49. The number of hydrogen-bond acceptors (Lipinski definition) is 0. The number of fused-ring (bicyclic) bond motifs is 10. The molecular formula is C42H26. The largest absolute Gasteiger partial charge is 0.0629 e. The predicted octanol–water partition coefficient (Wildman–Crippen LogP) is 11.9. The zero-order valence-corrected chi connectivity index (χ0v) is 22.7. The van der Waals surface area contributed by atoms with Crippen LogP contribution >= 0.6 is 0 Å². The molecule has 0 saturated heterocycles. The fourth-order valence-electron chi connectivity index (χ4n) is 6.66.